The van der Waals surface area contributed by atoms with E-state index in [0.717, 1.165) is 31.8 Å². The number of rotatable bonds is 6. The second kappa shape index (κ2) is 8.63. The number of likely N-dealkylation sites (N-methyl/N-ethyl adjacent to an activating group) is 1. The fourth-order valence-corrected chi connectivity index (χ4v) is 3.85. The molecule has 6 nitrogen and oxygen atoms in total. The van der Waals surface area contributed by atoms with Crippen LogP contribution in [-0.4, -0.2) is 52.7 Å². The van der Waals surface area contributed by atoms with Gasteiger partial charge in [-0.25, -0.2) is 4.98 Å². The molecule has 1 fully saturated rings. The second-order valence-electron chi connectivity index (χ2n) is 6.97. The minimum atomic E-state index is -0.0703. The monoisotopic (exact) mass is 346 g/mol. The van der Waals surface area contributed by atoms with Gasteiger partial charge in [0.15, 0.2) is 0 Å². The van der Waals surface area contributed by atoms with E-state index in [1.807, 2.05) is 24.0 Å². The lowest BCUT2D eigenvalue weighted by atomic mass is 9.97. The molecule has 0 aromatic carbocycles. The number of aromatic nitrogens is 2. The van der Waals surface area contributed by atoms with Gasteiger partial charge in [0.1, 0.15) is 5.82 Å². The molecule has 25 heavy (non-hydrogen) atoms. The van der Waals surface area contributed by atoms with Crippen molar-refractivity contribution in [3.8, 4) is 0 Å². The highest BCUT2D eigenvalue weighted by molar-refractivity contribution is 5.78. The number of amides is 1. The highest BCUT2D eigenvalue weighted by Crippen LogP contribution is 2.28. The first kappa shape index (κ1) is 18.1. The summed E-state index contributed by atoms with van der Waals surface area (Å²) in [7, 11) is 2.01. The summed E-state index contributed by atoms with van der Waals surface area (Å²) in [5.74, 6) is 1.10. The van der Waals surface area contributed by atoms with Gasteiger partial charge in [-0.1, -0.05) is 18.6 Å². The number of nitrogens with zero attached hydrogens (tertiary/aromatic N) is 3. The number of morpholine rings is 1. The molecule has 1 aromatic heterocycles. The van der Waals surface area contributed by atoms with Gasteiger partial charge >= 0.3 is 0 Å². The summed E-state index contributed by atoms with van der Waals surface area (Å²) in [5, 5.41) is 3.09. The molecule has 1 aliphatic heterocycles. The molecular formula is C19H30N4O2. The largest absolute Gasteiger partial charge is 0.373 e. The van der Waals surface area contributed by atoms with E-state index in [1.165, 1.54) is 18.4 Å². The normalized spacial score (nSPS) is 24.8. The molecule has 0 spiro atoms. The van der Waals surface area contributed by atoms with Gasteiger partial charge in [-0.05, 0) is 32.2 Å². The Morgan fingerprint density at radius 1 is 1.44 bits per heavy atom. The first-order chi connectivity index (χ1) is 12.2. The highest BCUT2D eigenvalue weighted by atomic mass is 16.5. The summed E-state index contributed by atoms with van der Waals surface area (Å²) in [6.45, 7) is 5.22. The Hall–Kier alpha value is -1.66. The number of aryl methyl sites for hydroxylation is 1. The van der Waals surface area contributed by atoms with Crippen molar-refractivity contribution in [3.05, 3.63) is 29.9 Å². The molecule has 2 heterocycles. The zero-order chi connectivity index (χ0) is 17.6. The number of allylic oxidation sites excluding steroid dienone is 1. The summed E-state index contributed by atoms with van der Waals surface area (Å²) < 4.78 is 8.06. The lowest BCUT2D eigenvalue weighted by molar-refractivity contribution is -0.122. The van der Waals surface area contributed by atoms with Gasteiger partial charge in [0, 0.05) is 39.0 Å². The number of carbonyl (C=O) groups excluding carboxylic acids is 1. The summed E-state index contributed by atoms with van der Waals surface area (Å²) in [6, 6.07) is 0.0768. The minimum Gasteiger partial charge on any atom is -0.373 e. The first-order valence-corrected chi connectivity index (χ1v) is 9.46. The van der Waals surface area contributed by atoms with E-state index >= 15 is 0 Å². The molecule has 0 radical (unpaired) electrons. The summed E-state index contributed by atoms with van der Waals surface area (Å²) in [6.07, 6.45) is 11.1. The maximum Gasteiger partial charge on any atom is 0.224 e. The van der Waals surface area contributed by atoms with Crippen molar-refractivity contribution >= 4 is 5.91 Å². The highest BCUT2D eigenvalue weighted by Gasteiger charge is 2.35. The van der Waals surface area contributed by atoms with Crippen molar-refractivity contribution in [3.63, 3.8) is 0 Å². The van der Waals surface area contributed by atoms with E-state index in [-0.39, 0.29) is 18.1 Å². The molecule has 0 saturated carbocycles. The fraction of sp³-hybridized carbons (Fsp3) is 0.684. The van der Waals surface area contributed by atoms with Gasteiger partial charge in [-0.3, -0.25) is 9.69 Å². The lowest BCUT2D eigenvalue weighted by Crippen LogP contribution is -2.50. The van der Waals surface area contributed by atoms with Crippen molar-refractivity contribution in [1.29, 1.82) is 0 Å². The average Bonchev–Trinajstić information content (AvgIpc) is 3.06. The third-order valence-corrected chi connectivity index (χ3v) is 5.26. The van der Waals surface area contributed by atoms with Crippen LogP contribution >= 0.6 is 0 Å². The van der Waals surface area contributed by atoms with Gasteiger partial charge in [0.2, 0.25) is 5.91 Å². The van der Waals surface area contributed by atoms with E-state index < -0.39 is 0 Å². The van der Waals surface area contributed by atoms with Gasteiger partial charge in [0.25, 0.3) is 0 Å². The summed E-state index contributed by atoms with van der Waals surface area (Å²) >= 11 is 0. The molecule has 1 aliphatic carbocycles. The number of ether oxygens (including phenoxy) is 1. The van der Waals surface area contributed by atoms with Gasteiger partial charge in [0.05, 0.1) is 18.8 Å². The van der Waals surface area contributed by atoms with Crippen LogP contribution in [0.15, 0.2) is 24.0 Å². The third kappa shape index (κ3) is 4.50. The maximum atomic E-state index is 12.3. The second-order valence-corrected chi connectivity index (χ2v) is 6.97. The molecule has 2 aliphatic rings. The Morgan fingerprint density at radius 3 is 3.00 bits per heavy atom. The van der Waals surface area contributed by atoms with Crippen molar-refractivity contribution in [2.24, 2.45) is 7.05 Å². The van der Waals surface area contributed by atoms with Crippen LogP contribution in [-0.2, 0) is 16.6 Å². The number of hydrogen-bond acceptors (Lipinski definition) is 4. The maximum absolute atomic E-state index is 12.3. The third-order valence-electron chi connectivity index (χ3n) is 5.26. The predicted octanol–water partition coefficient (Wildman–Crippen LogP) is 2.19. The smallest absolute Gasteiger partial charge is 0.224 e. The molecule has 2 atom stereocenters. The van der Waals surface area contributed by atoms with E-state index in [0.29, 0.717) is 19.6 Å². The van der Waals surface area contributed by atoms with Crippen LogP contribution in [0.2, 0.25) is 0 Å². The standard InChI is InChI=1S/C19H30N4O2/c1-3-23-11-12-25-16(18(23)19-20-9-10-22(19)2)14-21-17(24)13-15-7-5-4-6-8-15/h7,9-10,16,18H,3-6,8,11-14H2,1-2H3,(H,21,24)/t16-,18+/m0/s1. The molecule has 1 amide bonds. The van der Waals surface area contributed by atoms with Gasteiger partial charge < -0.3 is 14.6 Å². The van der Waals surface area contributed by atoms with Crippen molar-refractivity contribution < 1.29 is 9.53 Å². The minimum absolute atomic E-state index is 0.0703. The molecule has 0 unspecified atom stereocenters. The van der Waals surface area contributed by atoms with Crippen molar-refractivity contribution in [2.45, 2.75) is 51.2 Å². The Bertz CT molecular complexity index is 610. The number of hydrogen-bond donors (Lipinski definition) is 1. The first-order valence-electron chi connectivity index (χ1n) is 9.46. The summed E-state index contributed by atoms with van der Waals surface area (Å²) in [4.78, 5) is 19.2. The van der Waals surface area contributed by atoms with Crippen LogP contribution in [0.5, 0.6) is 0 Å². The fourth-order valence-electron chi connectivity index (χ4n) is 3.85. The van der Waals surface area contributed by atoms with E-state index in [1.54, 1.807) is 0 Å². The Labute approximate surface area is 150 Å². The number of carbonyl (C=O) groups is 1. The van der Waals surface area contributed by atoms with Crippen LogP contribution in [0.25, 0.3) is 0 Å². The molecule has 0 bridgehead atoms. The number of nitrogens with one attached hydrogen (secondary N) is 1. The Morgan fingerprint density at radius 2 is 2.32 bits per heavy atom. The SMILES string of the molecule is CCN1CCO[C@@H](CNC(=O)CC2=CCCCC2)[C@@H]1c1nccn1C. The molecule has 1 N–H and O–H groups in total. The quantitative estimate of drug-likeness (QED) is 0.802. The average molecular weight is 346 g/mol. The molecule has 3 rings (SSSR count). The van der Waals surface area contributed by atoms with Crippen LogP contribution in [0.1, 0.15) is 50.9 Å². The van der Waals surface area contributed by atoms with Crippen molar-refractivity contribution in [1.82, 2.24) is 19.8 Å². The van der Waals surface area contributed by atoms with E-state index in [2.05, 4.69) is 28.2 Å². The molecular weight excluding hydrogens is 316 g/mol. The zero-order valence-corrected chi connectivity index (χ0v) is 15.4. The van der Waals surface area contributed by atoms with Crippen LogP contribution in [0.3, 0.4) is 0 Å². The molecule has 138 valence electrons. The Kier molecular flexibility index (Phi) is 6.26. The van der Waals surface area contributed by atoms with E-state index in [4.69, 9.17) is 4.74 Å². The van der Waals surface area contributed by atoms with Crippen LogP contribution in [0.4, 0.5) is 0 Å². The predicted molar refractivity (Wildman–Crippen MR) is 97.1 cm³/mol. The van der Waals surface area contributed by atoms with Crippen molar-refractivity contribution in [2.75, 3.05) is 26.2 Å². The lowest BCUT2D eigenvalue weighted by Gasteiger charge is -2.40. The zero-order valence-electron chi connectivity index (χ0n) is 15.4. The summed E-state index contributed by atoms with van der Waals surface area (Å²) in [5.41, 5.74) is 1.28. The topological polar surface area (TPSA) is 59.4 Å². The molecule has 1 aromatic rings. The van der Waals surface area contributed by atoms with Gasteiger partial charge in [-0.15, -0.1) is 0 Å². The Balaban J connectivity index is 1.61. The van der Waals surface area contributed by atoms with Crippen LogP contribution in [0, 0.1) is 0 Å². The van der Waals surface area contributed by atoms with Gasteiger partial charge in [-0.2, -0.15) is 0 Å². The molecule has 1 saturated heterocycles. The van der Waals surface area contributed by atoms with Crippen LogP contribution < -0.4 is 5.32 Å². The van der Waals surface area contributed by atoms with E-state index in [9.17, 15) is 4.79 Å². The number of imidazole rings is 1. The molecule has 6 heteroatoms.